The van der Waals surface area contributed by atoms with Gasteiger partial charge in [-0.2, -0.15) is 0 Å². The van der Waals surface area contributed by atoms with Crippen molar-refractivity contribution >= 4 is 0 Å². The molecule has 1 aromatic carbocycles. The van der Waals surface area contributed by atoms with E-state index in [-0.39, 0.29) is 5.56 Å². The van der Waals surface area contributed by atoms with Gasteiger partial charge in [-0.05, 0) is 31.5 Å². The van der Waals surface area contributed by atoms with E-state index in [1.807, 2.05) is 0 Å². The maximum atomic E-state index is 13.3. The lowest BCUT2D eigenvalue weighted by atomic mass is 10.1. The van der Waals surface area contributed by atoms with Crippen molar-refractivity contribution in [1.29, 1.82) is 0 Å². The molecule has 0 aliphatic rings. The van der Waals surface area contributed by atoms with Gasteiger partial charge in [-0.25, -0.2) is 4.39 Å². The average Bonchev–Trinajstić information content (AvgIpc) is 2.01. The molecule has 72 valence electrons. The maximum Gasteiger partial charge on any atom is 0.132 e. The smallest absolute Gasteiger partial charge is 0.132 e. The number of halogens is 1. The van der Waals surface area contributed by atoms with Gasteiger partial charge in [0, 0.05) is 0 Å². The second-order valence-electron chi connectivity index (χ2n) is 3.04. The van der Waals surface area contributed by atoms with E-state index in [4.69, 9.17) is 4.74 Å². The molecule has 1 rings (SSSR count). The summed E-state index contributed by atoms with van der Waals surface area (Å²) in [4.78, 5) is 0. The Morgan fingerprint density at radius 1 is 1.46 bits per heavy atom. The molecule has 1 atom stereocenters. The number of ether oxygens (including phenoxy) is 1. The summed E-state index contributed by atoms with van der Waals surface area (Å²) >= 11 is 0. The lowest BCUT2D eigenvalue weighted by molar-refractivity contribution is 0.188. The fraction of sp³-hybridized carbons (Fsp3) is 0.400. The van der Waals surface area contributed by atoms with Crippen molar-refractivity contribution in [2.45, 2.75) is 20.0 Å². The van der Waals surface area contributed by atoms with Crippen LogP contribution in [0.25, 0.3) is 0 Å². The van der Waals surface area contributed by atoms with Gasteiger partial charge < -0.3 is 9.84 Å². The van der Waals surface area contributed by atoms with Crippen molar-refractivity contribution in [3.63, 3.8) is 0 Å². The van der Waals surface area contributed by atoms with Crippen LogP contribution in [0.1, 0.15) is 24.2 Å². The van der Waals surface area contributed by atoms with Crippen molar-refractivity contribution < 1.29 is 14.2 Å². The molecule has 0 heterocycles. The van der Waals surface area contributed by atoms with Crippen LogP contribution in [0.4, 0.5) is 4.39 Å². The Balaban J connectivity index is 3.30. The summed E-state index contributed by atoms with van der Waals surface area (Å²) in [5.74, 6) is -0.0284. The first-order chi connectivity index (χ1) is 6.06. The first-order valence-corrected chi connectivity index (χ1v) is 4.08. The van der Waals surface area contributed by atoms with E-state index in [0.717, 1.165) is 5.56 Å². The normalized spacial score (nSPS) is 12.7. The minimum Gasteiger partial charge on any atom is -0.496 e. The minimum absolute atomic E-state index is 0.216. The second-order valence-corrected chi connectivity index (χ2v) is 3.04. The van der Waals surface area contributed by atoms with Crippen LogP contribution in [0.2, 0.25) is 0 Å². The molecule has 0 fully saturated rings. The zero-order valence-corrected chi connectivity index (χ0v) is 7.97. The quantitative estimate of drug-likeness (QED) is 0.763. The third-order valence-corrected chi connectivity index (χ3v) is 1.87. The number of methoxy groups -OCH3 is 1. The van der Waals surface area contributed by atoms with Gasteiger partial charge in [0.25, 0.3) is 0 Å². The monoisotopic (exact) mass is 184 g/mol. The fourth-order valence-electron chi connectivity index (χ4n) is 1.30. The van der Waals surface area contributed by atoms with Crippen molar-refractivity contribution in [3.8, 4) is 5.75 Å². The Bertz CT molecular complexity index is 308. The van der Waals surface area contributed by atoms with Crippen LogP contribution in [-0.4, -0.2) is 12.2 Å². The number of rotatable bonds is 2. The first kappa shape index (κ1) is 9.99. The van der Waals surface area contributed by atoms with Gasteiger partial charge in [0.2, 0.25) is 0 Å². The van der Waals surface area contributed by atoms with Crippen LogP contribution >= 0.6 is 0 Å². The summed E-state index contributed by atoms with van der Waals surface area (Å²) in [5.41, 5.74) is 0.992. The summed E-state index contributed by atoms with van der Waals surface area (Å²) in [6, 6.07) is 3.08. The van der Waals surface area contributed by atoms with E-state index in [1.54, 1.807) is 13.0 Å². The van der Waals surface area contributed by atoms with Gasteiger partial charge in [0.15, 0.2) is 0 Å². The minimum atomic E-state index is -0.851. The standard InChI is InChI=1S/C10H13FO2/c1-6-4-8(11)10(7(2)12)9(5-6)13-3/h4-5,7,12H,1-3H3. The number of hydrogen-bond acceptors (Lipinski definition) is 2. The molecule has 0 saturated carbocycles. The molecule has 0 spiro atoms. The number of aryl methyl sites for hydroxylation is 1. The summed E-state index contributed by atoms with van der Waals surface area (Å²) in [6.45, 7) is 3.29. The highest BCUT2D eigenvalue weighted by molar-refractivity contribution is 5.39. The topological polar surface area (TPSA) is 29.5 Å². The molecule has 3 heteroatoms. The summed E-state index contributed by atoms with van der Waals surface area (Å²) < 4.78 is 18.3. The maximum absolute atomic E-state index is 13.3. The molecule has 0 aliphatic carbocycles. The van der Waals surface area contributed by atoms with Gasteiger partial charge in [-0.3, -0.25) is 0 Å². The van der Waals surface area contributed by atoms with Gasteiger partial charge in [0.1, 0.15) is 11.6 Å². The Labute approximate surface area is 77.0 Å². The predicted molar refractivity (Wildman–Crippen MR) is 48.3 cm³/mol. The predicted octanol–water partition coefficient (Wildman–Crippen LogP) is 2.20. The average molecular weight is 184 g/mol. The molecule has 0 radical (unpaired) electrons. The Morgan fingerprint density at radius 2 is 2.08 bits per heavy atom. The van der Waals surface area contributed by atoms with Crippen LogP contribution in [-0.2, 0) is 0 Å². The number of aliphatic hydroxyl groups excluding tert-OH is 1. The zero-order valence-electron chi connectivity index (χ0n) is 7.97. The molecule has 0 aliphatic heterocycles. The molecule has 0 amide bonds. The van der Waals surface area contributed by atoms with E-state index in [2.05, 4.69) is 0 Å². The highest BCUT2D eigenvalue weighted by Gasteiger charge is 2.14. The van der Waals surface area contributed by atoms with Gasteiger partial charge in [0.05, 0.1) is 18.8 Å². The van der Waals surface area contributed by atoms with Crippen molar-refractivity contribution in [2.24, 2.45) is 0 Å². The summed E-state index contributed by atoms with van der Waals surface area (Å²) in [7, 11) is 1.46. The van der Waals surface area contributed by atoms with Crippen LogP contribution in [0, 0.1) is 12.7 Å². The van der Waals surface area contributed by atoms with Crippen LogP contribution in [0.15, 0.2) is 12.1 Å². The molecular weight excluding hydrogens is 171 g/mol. The zero-order chi connectivity index (χ0) is 10.0. The van der Waals surface area contributed by atoms with Crippen LogP contribution in [0.5, 0.6) is 5.75 Å². The lowest BCUT2D eigenvalue weighted by Gasteiger charge is -2.12. The van der Waals surface area contributed by atoms with Crippen molar-refractivity contribution in [2.75, 3.05) is 7.11 Å². The molecule has 1 aromatic rings. The third kappa shape index (κ3) is 1.98. The van der Waals surface area contributed by atoms with Crippen LogP contribution < -0.4 is 4.74 Å². The lowest BCUT2D eigenvalue weighted by Crippen LogP contribution is -2.00. The highest BCUT2D eigenvalue weighted by Crippen LogP contribution is 2.28. The summed E-state index contributed by atoms with van der Waals surface area (Å²) in [5, 5.41) is 9.29. The third-order valence-electron chi connectivity index (χ3n) is 1.87. The van der Waals surface area contributed by atoms with E-state index < -0.39 is 11.9 Å². The Morgan fingerprint density at radius 3 is 2.54 bits per heavy atom. The van der Waals surface area contributed by atoms with E-state index in [0.29, 0.717) is 5.75 Å². The Kier molecular flexibility index (Phi) is 2.88. The second kappa shape index (κ2) is 3.75. The largest absolute Gasteiger partial charge is 0.496 e. The SMILES string of the molecule is COc1cc(C)cc(F)c1C(C)O. The molecule has 13 heavy (non-hydrogen) atoms. The molecule has 0 saturated heterocycles. The van der Waals surface area contributed by atoms with E-state index in [9.17, 15) is 9.50 Å². The number of aliphatic hydroxyl groups is 1. The fourth-order valence-corrected chi connectivity index (χ4v) is 1.30. The molecule has 0 aromatic heterocycles. The van der Waals surface area contributed by atoms with Gasteiger partial charge in [-0.1, -0.05) is 0 Å². The molecular formula is C10H13FO2. The molecule has 1 N–H and O–H groups in total. The first-order valence-electron chi connectivity index (χ1n) is 4.08. The number of hydrogen-bond donors (Lipinski definition) is 1. The van der Waals surface area contributed by atoms with E-state index >= 15 is 0 Å². The highest BCUT2D eigenvalue weighted by atomic mass is 19.1. The van der Waals surface area contributed by atoms with Crippen molar-refractivity contribution in [3.05, 3.63) is 29.1 Å². The number of benzene rings is 1. The van der Waals surface area contributed by atoms with Crippen LogP contribution in [0.3, 0.4) is 0 Å². The van der Waals surface area contributed by atoms with Gasteiger partial charge in [-0.15, -0.1) is 0 Å². The Hall–Kier alpha value is -1.09. The van der Waals surface area contributed by atoms with Gasteiger partial charge >= 0.3 is 0 Å². The van der Waals surface area contributed by atoms with E-state index in [1.165, 1.54) is 20.1 Å². The summed E-state index contributed by atoms with van der Waals surface area (Å²) in [6.07, 6.45) is -0.851. The van der Waals surface area contributed by atoms with Crippen molar-refractivity contribution in [1.82, 2.24) is 0 Å². The molecule has 1 unspecified atom stereocenters. The molecule has 0 bridgehead atoms. The molecule has 2 nitrogen and oxygen atoms in total.